The third-order valence-electron chi connectivity index (χ3n) is 8.48. The molecule has 1 fully saturated rings. The number of benzene rings is 1. The molecule has 1 aliphatic rings. The minimum atomic E-state index is -0.331. The van der Waals surface area contributed by atoms with Crippen molar-refractivity contribution in [2.45, 2.75) is 142 Å². The number of ether oxygens (including phenoxy) is 3. The SMILES string of the molecule is CCCCCCCCCCCC[C@H]1CO[C@H](CCc2ccc(-c3ccc(OCCCCCCCC)c(F)c3)nc2)OC1. The van der Waals surface area contributed by atoms with Gasteiger partial charge in [-0.1, -0.05) is 116 Å². The van der Waals surface area contributed by atoms with Crippen LogP contribution in [-0.2, 0) is 15.9 Å². The fraction of sp³-hybridized carbons (Fsp3) is 0.703. The molecule has 0 N–H and O–H groups in total. The second-order valence-electron chi connectivity index (χ2n) is 12.3. The van der Waals surface area contributed by atoms with Crippen molar-refractivity contribution in [1.29, 1.82) is 0 Å². The maximum atomic E-state index is 14.6. The van der Waals surface area contributed by atoms with E-state index in [0.717, 1.165) is 55.7 Å². The lowest BCUT2D eigenvalue weighted by Gasteiger charge is -2.29. The quantitative estimate of drug-likeness (QED) is 0.122. The molecule has 42 heavy (non-hydrogen) atoms. The first-order valence-corrected chi connectivity index (χ1v) is 17.3. The van der Waals surface area contributed by atoms with Crippen molar-refractivity contribution >= 4 is 0 Å². The standard InChI is InChI=1S/C37H58FNO3/c1-3-5-7-9-11-12-13-14-15-17-19-32-29-41-37(42-30-32)25-21-31-20-23-35(39-28-31)33-22-24-36(34(38)27-33)40-26-18-16-10-8-6-4-2/h20,22-24,27-28,32,37H,3-19,21,25-26,29-30H2,1-2H3/t32-,37-. The van der Waals surface area contributed by atoms with Gasteiger partial charge < -0.3 is 14.2 Å². The minimum absolute atomic E-state index is 0.133. The molecule has 0 saturated carbocycles. The molecule has 4 nitrogen and oxygen atoms in total. The van der Waals surface area contributed by atoms with Crippen LogP contribution in [0.1, 0.15) is 135 Å². The summed E-state index contributed by atoms with van der Waals surface area (Å²) in [4.78, 5) is 4.59. The van der Waals surface area contributed by atoms with Gasteiger partial charge >= 0.3 is 0 Å². The van der Waals surface area contributed by atoms with Crippen molar-refractivity contribution in [2.75, 3.05) is 19.8 Å². The highest BCUT2D eigenvalue weighted by Gasteiger charge is 2.21. The average molecular weight is 584 g/mol. The van der Waals surface area contributed by atoms with Crippen LogP contribution in [0.2, 0.25) is 0 Å². The first-order valence-electron chi connectivity index (χ1n) is 17.3. The Bertz CT molecular complexity index is 943. The van der Waals surface area contributed by atoms with Crippen LogP contribution in [-0.4, -0.2) is 31.1 Å². The molecule has 0 spiro atoms. The molecule has 0 radical (unpaired) electrons. The highest BCUT2D eigenvalue weighted by Crippen LogP contribution is 2.26. The van der Waals surface area contributed by atoms with E-state index in [1.807, 2.05) is 18.3 Å². The Hall–Kier alpha value is -1.98. The van der Waals surface area contributed by atoms with Crippen LogP contribution in [0.4, 0.5) is 4.39 Å². The lowest BCUT2D eigenvalue weighted by atomic mass is 10.0. The number of unbranched alkanes of at least 4 members (excludes halogenated alkanes) is 14. The zero-order chi connectivity index (χ0) is 29.7. The molecule has 2 aromatic rings. The third kappa shape index (κ3) is 14.0. The fourth-order valence-corrected chi connectivity index (χ4v) is 5.71. The van der Waals surface area contributed by atoms with Crippen molar-refractivity contribution in [1.82, 2.24) is 4.98 Å². The Morgan fingerprint density at radius 2 is 1.36 bits per heavy atom. The van der Waals surface area contributed by atoms with Crippen molar-refractivity contribution < 1.29 is 18.6 Å². The summed E-state index contributed by atoms with van der Waals surface area (Å²) in [5.41, 5.74) is 2.66. The molecule has 236 valence electrons. The molecule has 3 rings (SSSR count). The molecule has 0 amide bonds. The molecule has 0 bridgehead atoms. The van der Waals surface area contributed by atoms with Crippen LogP contribution in [0.15, 0.2) is 36.5 Å². The minimum Gasteiger partial charge on any atom is -0.491 e. The molecular weight excluding hydrogens is 525 g/mol. The number of halogens is 1. The number of hydrogen-bond acceptors (Lipinski definition) is 4. The highest BCUT2D eigenvalue weighted by atomic mass is 19.1. The lowest BCUT2D eigenvalue weighted by Crippen LogP contribution is -2.32. The summed E-state index contributed by atoms with van der Waals surface area (Å²) >= 11 is 0. The topological polar surface area (TPSA) is 40.6 Å². The van der Waals surface area contributed by atoms with Crippen LogP contribution >= 0.6 is 0 Å². The number of nitrogens with zero attached hydrogens (tertiary/aromatic N) is 1. The van der Waals surface area contributed by atoms with Crippen molar-refractivity contribution in [2.24, 2.45) is 5.92 Å². The predicted molar refractivity (Wildman–Crippen MR) is 172 cm³/mol. The van der Waals surface area contributed by atoms with E-state index in [9.17, 15) is 4.39 Å². The van der Waals surface area contributed by atoms with E-state index in [1.165, 1.54) is 102 Å². The lowest BCUT2D eigenvalue weighted by molar-refractivity contribution is -0.203. The molecule has 1 aromatic heterocycles. The van der Waals surface area contributed by atoms with Crippen LogP contribution in [0.5, 0.6) is 5.75 Å². The summed E-state index contributed by atoms with van der Waals surface area (Å²) in [7, 11) is 0. The molecule has 1 aromatic carbocycles. The van der Waals surface area contributed by atoms with E-state index in [1.54, 1.807) is 6.07 Å². The fourth-order valence-electron chi connectivity index (χ4n) is 5.71. The molecule has 1 saturated heterocycles. The summed E-state index contributed by atoms with van der Waals surface area (Å²) in [6, 6.07) is 9.16. The molecule has 1 aliphatic heterocycles. The van der Waals surface area contributed by atoms with E-state index < -0.39 is 0 Å². The van der Waals surface area contributed by atoms with Gasteiger partial charge in [-0.15, -0.1) is 0 Å². The highest BCUT2D eigenvalue weighted by molar-refractivity contribution is 5.60. The molecule has 0 unspecified atom stereocenters. The molecule has 5 heteroatoms. The van der Waals surface area contributed by atoms with Gasteiger partial charge in [0, 0.05) is 24.1 Å². The van der Waals surface area contributed by atoms with E-state index in [-0.39, 0.29) is 12.1 Å². The van der Waals surface area contributed by atoms with E-state index >= 15 is 0 Å². The first kappa shape index (κ1) is 34.5. The molecule has 0 atom stereocenters. The zero-order valence-corrected chi connectivity index (χ0v) is 26.7. The Labute approximate surface area is 256 Å². The summed E-state index contributed by atoms with van der Waals surface area (Å²) in [5.74, 6) is 0.522. The largest absolute Gasteiger partial charge is 0.491 e. The number of aryl methyl sites for hydroxylation is 1. The molecule has 0 aliphatic carbocycles. The summed E-state index contributed by atoms with van der Waals surface area (Å²) in [6.07, 6.45) is 25.5. The van der Waals surface area contributed by atoms with E-state index in [4.69, 9.17) is 14.2 Å². The van der Waals surface area contributed by atoms with E-state index in [0.29, 0.717) is 18.3 Å². The van der Waals surface area contributed by atoms with Crippen LogP contribution in [0.25, 0.3) is 11.3 Å². The van der Waals surface area contributed by atoms with Crippen LogP contribution in [0, 0.1) is 11.7 Å². The maximum Gasteiger partial charge on any atom is 0.165 e. The number of hydrogen-bond donors (Lipinski definition) is 0. The predicted octanol–water partition coefficient (Wildman–Crippen LogP) is 10.9. The number of aromatic nitrogens is 1. The van der Waals surface area contributed by atoms with Crippen LogP contribution in [0.3, 0.4) is 0 Å². The van der Waals surface area contributed by atoms with Gasteiger partial charge in [0.15, 0.2) is 17.9 Å². The van der Waals surface area contributed by atoms with Crippen molar-refractivity contribution in [3.05, 3.63) is 47.9 Å². The first-order chi connectivity index (χ1) is 20.7. The summed E-state index contributed by atoms with van der Waals surface area (Å²) in [5, 5.41) is 0. The Morgan fingerprint density at radius 1 is 0.738 bits per heavy atom. The van der Waals surface area contributed by atoms with Crippen LogP contribution < -0.4 is 4.74 Å². The maximum absolute atomic E-state index is 14.6. The Morgan fingerprint density at radius 3 is 1.95 bits per heavy atom. The zero-order valence-electron chi connectivity index (χ0n) is 26.7. The third-order valence-corrected chi connectivity index (χ3v) is 8.48. The monoisotopic (exact) mass is 583 g/mol. The van der Waals surface area contributed by atoms with Gasteiger partial charge in [-0.2, -0.15) is 0 Å². The normalized spacial score (nSPS) is 17.0. The smallest absolute Gasteiger partial charge is 0.165 e. The number of rotatable bonds is 23. The molecule has 2 heterocycles. The van der Waals surface area contributed by atoms with Gasteiger partial charge in [0.2, 0.25) is 0 Å². The number of pyridine rings is 1. The van der Waals surface area contributed by atoms with Gasteiger partial charge in [-0.25, -0.2) is 4.39 Å². The Kier molecular flexibility index (Phi) is 17.8. The summed E-state index contributed by atoms with van der Waals surface area (Å²) < 4.78 is 32.4. The van der Waals surface area contributed by atoms with Gasteiger partial charge in [-0.3, -0.25) is 4.98 Å². The van der Waals surface area contributed by atoms with Crippen molar-refractivity contribution in [3.63, 3.8) is 0 Å². The van der Waals surface area contributed by atoms with Gasteiger partial charge in [0.25, 0.3) is 0 Å². The average Bonchev–Trinajstić information content (AvgIpc) is 3.02. The van der Waals surface area contributed by atoms with E-state index in [2.05, 4.69) is 24.9 Å². The van der Waals surface area contributed by atoms with Gasteiger partial charge in [-0.05, 0) is 49.1 Å². The Balaban J connectivity index is 1.26. The summed E-state index contributed by atoms with van der Waals surface area (Å²) in [6.45, 7) is 6.67. The van der Waals surface area contributed by atoms with Crippen molar-refractivity contribution in [3.8, 4) is 17.0 Å². The van der Waals surface area contributed by atoms with Gasteiger partial charge in [0.1, 0.15) is 0 Å². The van der Waals surface area contributed by atoms with Gasteiger partial charge in [0.05, 0.1) is 25.5 Å². The second kappa shape index (κ2) is 21.7. The second-order valence-corrected chi connectivity index (χ2v) is 12.3. The molecular formula is C37H58FNO3.